The van der Waals surface area contributed by atoms with Crippen LogP contribution in [-0.4, -0.2) is 60.0 Å². The summed E-state index contributed by atoms with van der Waals surface area (Å²) < 4.78 is 0. The van der Waals surface area contributed by atoms with Gasteiger partial charge in [0.1, 0.15) is 0 Å². The molecule has 5 heteroatoms. The fourth-order valence-corrected chi connectivity index (χ4v) is 4.14. The standard InChI is InChI=1S/C17H26N4S/c18-17(21-10-12-22-13-11-21)19-14-16(20-8-4-5-9-20)15-6-2-1-3-7-15/h1-3,6-7,16H,4-5,8-14H2,(H2,18,19). The number of aliphatic imine (C=N–C) groups is 1. The summed E-state index contributed by atoms with van der Waals surface area (Å²) in [6.45, 7) is 5.17. The van der Waals surface area contributed by atoms with Crippen LogP contribution in [0.5, 0.6) is 0 Å². The molecule has 0 amide bonds. The van der Waals surface area contributed by atoms with Gasteiger partial charge in [0.2, 0.25) is 0 Å². The average Bonchev–Trinajstić information content (AvgIpc) is 3.11. The molecule has 2 aliphatic heterocycles. The van der Waals surface area contributed by atoms with Crippen LogP contribution in [0.4, 0.5) is 0 Å². The molecule has 1 unspecified atom stereocenters. The van der Waals surface area contributed by atoms with Crippen molar-refractivity contribution in [3.63, 3.8) is 0 Å². The number of nitrogens with two attached hydrogens (primary N) is 1. The van der Waals surface area contributed by atoms with E-state index < -0.39 is 0 Å². The molecule has 1 atom stereocenters. The molecule has 2 fully saturated rings. The van der Waals surface area contributed by atoms with E-state index in [1.54, 1.807) is 0 Å². The summed E-state index contributed by atoms with van der Waals surface area (Å²) in [6.07, 6.45) is 2.59. The van der Waals surface area contributed by atoms with Gasteiger partial charge in [-0.3, -0.25) is 9.89 Å². The van der Waals surface area contributed by atoms with E-state index in [1.165, 1.54) is 31.5 Å². The third-order valence-electron chi connectivity index (χ3n) is 4.53. The zero-order valence-corrected chi connectivity index (χ0v) is 14.0. The molecule has 2 heterocycles. The predicted octanol–water partition coefficient (Wildman–Crippen LogP) is 2.19. The molecule has 4 nitrogen and oxygen atoms in total. The highest BCUT2D eigenvalue weighted by molar-refractivity contribution is 7.99. The lowest BCUT2D eigenvalue weighted by molar-refractivity contribution is 0.251. The first-order chi connectivity index (χ1) is 10.8. The van der Waals surface area contributed by atoms with E-state index in [1.807, 2.05) is 11.8 Å². The molecule has 0 radical (unpaired) electrons. The fraction of sp³-hybridized carbons (Fsp3) is 0.588. The first-order valence-electron chi connectivity index (χ1n) is 8.26. The van der Waals surface area contributed by atoms with Crippen molar-refractivity contribution in [3.05, 3.63) is 35.9 Å². The maximum atomic E-state index is 6.22. The molecule has 1 aromatic rings. The van der Waals surface area contributed by atoms with Crippen molar-refractivity contribution < 1.29 is 0 Å². The Hall–Kier alpha value is -1.20. The summed E-state index contributed by atoms with van der Waals surface area (Å²) in [6, 6.07) is 11.1. The van der Waals surface area contributed by atoms with Gasteiger partial charge in [-0.1, -0.05) is 30.3 Å². The number of nitrogens with zero attached hydrogens (tertiary/aromatic N) is 3. The van der Waals surface area contributed by atoms with Gasteiger partial charge in [0, 0.05) is 24.6 Å². The van der Waals surface area contributed by atoms with Crippen molar-refractivity contribution in [1.29, 1.82) is 0 Å². The van der Waals surface area contributed by atoms with Crippen LogP contribution in [0.25, 0.3) is 0 Å². The maximum Gasteiger partial charge on any atom is 0.191 e. The molecule has 2 aliphatic rings. The van der Waals surface area contributed by atoms with Crippen LogP contribution in [0.1, 0.15) is 24.4 Å². The Balaban J connectivity index is 1.69. The summed E-state index contributed by atoms with van der Waals surface area (Å²) in [4.78, 5) is 9.52. The van der Waals surface area contributed by atoms with Gasteiger partial charge < -0.3 is 10.6 Å². The van der Waals surface area contributed by atoms with E-state index in [9.17, 15) is 0 Å². The van der Waals surface area contributed by atoms with Crippen molar-refractivity contribution >= 4 is 17.7 Å². The number of rotatable bonds is 4. The van der Waals surface area contributed by atoms with E-state index >= 15 is 0 Å². The quantitative estimate of drug-likeness (QED) is 0.683. The zero-order valence-electron chi connectivity index (χ0n) is 13.2. The fourth-order valence-electron chi connectivity index (χ4n) is 3.23. The Morgan fingerprint density at radius 2 is 1.77 bits per heavy atom. The number of benzene rings is 1. The molecular weight excluding hydrogens is 292 g/mol. The van der Waals surface area contributed by atoms with E-state index in [4.69, 9.17) is 10.7 Å². The second-order valence-electron chi connectivity index (χ2n) is 5.97. The third kappa shape index (κ3) is 3.96. The molecule has 0 saturated carbocycles. The number of thioether (sulfide) groups is 1. The van der Waals surface area contributed by atoms with Crippen molar-refractivity contribution in [2.45, 2.75) is 18.9 Å². The molecular formula is C17H26N4S. The zero-order chi connectivity index (χ0) is 15.2. The van der Waals surface area contributed by atoms with Gasteiger partial charge >= 0.3 is 0 Å². The molecule has 0 spiro atoms. The van der Waals surface area contributed by atoms with E-state index in [-0.39, 0.29) is 0 Å². The summed E-state index contributed by atoms with van der Waals surface area (Å²) in [7, 11) is 0. The smallest absolute Gasteiger partial charge is 0.191 e. The Labute approximate surface area is 137 Å². The van der Waals surface area contributed by atoms with Gasteiger partial charge in [0.15, 0.2) is 5.96 Å². The minimum atomic E-state index is 0.362. The largest absolute Gasteiger partial charge is 0.370 e. The molecule has 3 rings (SSSR count). The van der Waals surface area contributed by atoms with Crippen molar-refractivity contribution in [2.24, 2.45) is 10.7 Å². The third-order valence-corrected chi connectivity index (χ3v) is 5.47. The Morgan fingerprint density at radius 3 is 2.45 bits per heavy atom. The molecule has 2 saturated heterocycles. The molecule has 1 aromatic carbocycles. The van der Waals surface area contributed by atoms with Crippen molar-refractivity contribution in [3.8, 4) is 0 Å². The Bertz CT molecular complexity index is 479. The minimum absolute atomic E-state index is 0.362. The number of hydrogen-bond acceptors (Lipinski definition) is 3. The Kier molecular flexibility index (Phi) is 5.62. The molecule has 2 N–H and O–H groups in total. The number of likely N-dealkylation sites (tertiary alicyclic amines) is 1. The van der Waals surface area contributed by atoms with Crippen LogP contribution in [0.2, 0.25) is 0 Å². The average molecular weight is 318 g/mol. The maximum absolute atomic E-state index is 6.22. The second-order valence-corrected chi connectivity index (χ2v) is 7.19. The Morgan fingerprint density at radius 1 is 1.09 bits per heavy atom. The van der Waals surface area contributed by atoms with E-state index in [0.717, 1.165) is 37.1 Å². The van der Waals surface area contributed by atoms with Gasteiger partial charge in [-0.2, -0.15) is 11.8 Å². The summed E-state index contributed by atoms with van der Waals surface area (Å²) >= 11 is 2.00. The first-order valence-corrected chi connectivity index (χ1v) is 9.41. The predicted molar refractivity (Wildman–Crippen MR) is 95.4 cm³/mol. The van der Waals surface area contributed by atoms with Crippen LogP contribution in [0.3, 0.4) is 0 Å². The van der Waals surface area contributed by atoms with Gasteiger partial charge in [0.05, 0.1) is 12.6 Å². The number of hydrogen-bond donors (Lipinski definition) is 1. The molecule has 0 bridgehead atoms. The summed E-state index contributed by atoms with van der Waals surface area (Å²) in [5.41, 5.74) is 7.58. The number of guanidine groups is 1. The summed E-state index contributed by atoms with van der Waals surface area (Å²) in [5, 5.41) is 0. The van der Waals surface area contributed by atoms with Crippen molar-refractivity contribution in [1.82, 2.24) is 9.80 Å². The molecule has 0 aromatic heterocycles. The molecule has 22 heavy (non-hydrogen) atoms. The molecule has 120 valence electrons. The van der Waals surface area contributed by atoms with Crippen molar-refractivity contribution in [2.75, 3.05) is 44.2 Å². The molecule has 0 aliphatic carbocycles. The highest BCUT2D eigenvalue weighted by Gasteiger charge is 2.23. The lowest BCUT2D eigenvalue weighted by atomic mass is 10.1. The van der Waals surface area contributed by atoms with Gasteiger partial charge in [-0.25, -0.2) is 0 Å². The van der Waals surface area contributed by atoms with Gasteiger partial charge in [0.25, 0.3) is 0 Å². The van der Waals surface area contributed by atoms with Crippen LogP contribution in [-0.2, 0) is 0 Å². The van der Waals surface area contributed by atoms with Crippen LogP contribution in [0.15, 0.2) is 35.3 Å². The highest BCUT2D eigenvalue weighted by atomic mass is 32.2. The second kappa shape index (κ2) is 7.88. The highest BCUT2D eigenvalue weighted by Crippen LogP contribution is 2.25. The van der Waals surface area contributed by atoms with E-state index in [2.05, 4.69) is 40.1 Å². The monoisotopic (exact) mass is 318 g/mol. The van der Waals surface area contributed by atoms with Crippen LogP contribution in [0, 0.1) is 0 Å². The van der Waals surface area contributed by atoms with Crippen LogP contribution < -0.4 is 5.73 Å². The summed E-state index contributed by atoms with van der Waals surface area (Å²) in [5.74, 6) is 3.04. The van der Waals surface area contributed by atoms with E-state index in [0.29, 0.717) is 6.04 Å². The minimum Gasteiger partial charge on any atom is -0.370 e. The normalized spacial score (nSPS) is 22.0. The first kappa shape index (κ1) is 15.7. The van der Waals surface area contributed by atoms with Crippen LogP contribution >= 0.6 is 11.8 Å². The lowest BCUT2D eigenvalue weighted by Gasteiger charge is -2.29. The lowest BCUT2D eigenvalue weighted by Crippen LogP contribution is -2.43. The van der Waals surface area contributed by atoms with Gasteiger partial charge in [-0.15, -0.1) is 0 Å². The van der Waals surface area contributed by atoms with Gasteiger partial charge in [-0.05, 0) is 31.5 Å². The SMILES string of the molecule is NC(=NCC(c1ccccc1)N1CCCC1)N1CCSCC1. The topological polar surface area (TPSA) is 44.9 Å².